The van der Waals surface area contributed by atoms with Gasteiger partial charge in [0.1, 0.15) is 42.9 Å². The van der Waals surface area contributed by atoms with Crippen molar-refractivity contribution in [2.75, 3.05) is 24.7 Å². The third kappa shape index (κ3) is 4.29. The number of fused-ring (bicyclic) bond motifs is 1. The number of anilines is 1. The largest absolute Gasteiger partial charge is 0.489 e. The number of nitrogens with zero attached hydrogens (tertiary/aromatic N) is 1. The minimum Gasteiger partial charge on any atom is -0.489 e. The van der Waals surface area contributed by atoms with E-state index in [9.17, 15) is 20.4 Å². The maximum Gasteiger partial charge on any atom is 0.148 e. The van der Waals surface area contributed by atoms with E-state index in [-0.39, 0.29) is 0 Å². The van der Waals surface area contributed by atoms with Crippen molar-refractivity contribution in [2.24, 2.45) is 0 Å². The zero-order valence-electron chi connectivity index (χ0n) is 17.9. The quantitative estimate of drug-likeness (QED) is 0.574. The Morgan fingerprint density at radius 3 is 2.42 bits per heavy atom. The first kappa shape index (κ1) is 22.0. The Labute approximate surface area is 182 Å². The van der Waals surface area contributed by atoms with Crippen LogP contribution in [0.5, 0.6) is 5.75 Å². The second kappa shape index (κ2) is 9.14. The Morgan fingerprint density at radius 2 is 1.74 bits per heavy atom. The molecule has 0 aliphatic carbocycles. The smallest absolute Gasteiger partial charge is 0.148 e. The number of benzene rings is 2. The Hall–Kier alpha value is -2.16. The summed E-state index contributed by atoms with van der Waals surface area (Å²) in [7, 11) is 0. The number of rotatable bonds is 5. The van der Waals surface area contributed by atoms with E-state index >= 15 is 0 Å². The summed E-state index contributed by atoms with van der Waals surface area (Å²) in [5.74, 6) is 1.08. The zero-order chi connectivity index (χ0) is 22.1. The second-order valence-electron chi connectivity index (χ2n) is 8.61. The lowest BCUT2D eigenvalue weighted by Gasteiger charge is -2.41. The van der Waals surface area contributed by atoms with Gasteiger partial charge in [0.05, 0.1) is 18.8 Å². The van der Waals surface area contributed by atoms with E-state index in [1.54, 1.807) is 6.07 Å². The molecule has 0 aromatic heterocycles. The summed E-state index contributed by atoms with van der Waals surface area (Å²) in [6.07, 6.45) is -6.03. The number of para-hydroxylation sites is 1. The zero-order valence-corrected chi connectivity index (χ0v) is 17.9. The van der Waals surface area contributed by atoms with Crippen LogP contribution < -0.4 is 9.64 Å². The number of hydrogen-bond donors (Lipinski definition) is 4. The van der Waals surface area contributed by atoms with Crippen molar-refractivity contribution in [1.82, 2.24) is 0 Å². The van der Waals surface area contributed by atoms with E-state index in [4.69, 9.17) is 9.47 Å². The molecule has 1 fully saturated rings. The summed E-state index contributed by atoms with van der Waals surface area (Å²) in [5.41, 5.74) is 3.97. The van der Waals surface area contributed by atoms with Crippen LogP contribution in [0.4, 0.5) is 5.69 Å². The van der Waals surface area contributed by atoms with E-state index < -0.39 is 37.1 Å². The fraction of sp³-hybridized carbons (Fsp3) is 0.500. The Morgan fingerprint density at radius 1 is 1.00 bits per heavy atom. The molecule has 2 aliphatic heterocycles. The summed E-state index contributed by atoms with van der Waals surface area (Å²) in [6.45, 7) is 5.80. The molecule has 4 rings (SSSR count). The molecule has 1 saturated heterocycles. The third-order valence-electron chi connectivity index (χ3n) is 6.19. The molecule has 2 aliphatic rings. The first-order chi connectivity index (χ1) is 14.9. The molecule has 2 heterocycles. The summed E-state index contributed by atoms with van der Waals surface area (Å²) in [4.78, 5) is 2.22. The molecule has 2 aromatic rings. The lowest BCUT2D eigenvalue weighted by Crippen LogP contribution is -2.55. The Bertz CT molecular complexity index is 884. The van der Waals surface area contributed by atoms with Crippen LogP contribution in [0, 0.1) is 0 Å². The van der Waals surface area contributed by atoms with E-state index in [1.165, 1.54) is 11.1 Å². The van der Waals surface area contributed by atoms with Gasteiger partial charge in [-0.1, -0.05) is 50.2 Å². The summed E-state index contributed by atoms with van der Waals surface area (Å²) in [5, 5.41) is 40.4. The molecule has 168 valence electrons. The van der Waals surface area contributed by atoms with Crippen LogP contribution in [-0.4, -0.2) is 64.6 Å². The first-order valence-electron chi connectivity index (χ1n) is 10.8. The molecular weight excluding hydrogens is 398 g/mol. The van der Waals surface area contributed by atoms with Crippen molar-refractivity contribution in [3.8, 4) is 5.75 Å². The highest BCUT2D eigenvalue weighted by molar-refractivity contribution is 5.64. The van der Waals surface area contributed by atoms with Gasteiger partial charge in [0, 0.05) is 12.1 Å². The first-order valence-corrected chi connectivity index (χ1v) is 10.8. The molecule has 0 saturated carbocycles. The molecule has 0 spiro atoms. The number of hydrogen-bond acceptors (Lipinski definition) is 7. The highest BCUT2D eigenvalue weighted by atomic mass is 16.5. The van der Waals surface area contributed by atoms with Gasteiger partial charge in [0.25, 0.3) is 0 Å². The monoisotopic (exact) mass is 429 g/mol. The number of ether oxygens (including phenoxy) is 2. The summed E-state index contributed by atoms with van der Waals surface area (Å²) in [6, 6.07) is 14.2. The fourth-order valence-corrected chi connectivity index (χ4v) is 4.30. The molecular formula is C24H31NO6. The highest BCUT2D eigenvalue weighted by Crippen LogP contribution is 2.43. The maximum atomic E-state index is 10.6. The summed E-state index contributed by atoms with van der Waals surface area (Å²) < 4.78 is 11.7. The van der Waals surface area contributed by atoms with Gasteiger partial charge in [-0.15, -0.1) is 0 Å². The van der Waals surface area contributed by atoms with E-state index in [0.717, 1.165) is 12.2 Å². The predicted molar refractivity (Wildman–Crippen MR) is 116 cm³/mol. The Kier molecular flexibility index (Phi) is 6.50. The van der Waals surface area contributed by atoms with Gasteiger partial charge in [-0.25, -0.2) is 0 Å². The third-order valence-corrected chi connectivity index (χ3v) is 6.19. The van der Waals surface area contributed by atoms with Crippen LogP contribution in [-0.2, 0) is 11.3 Å². The topological polar surface area (TPSA) is 103 Å². The SMILES string of the molecule is CC(C)c1ccc(CN2CCOc3c([C@@H]4O[C@H](CO)[C@@H](O)[C@H](O)[C@H]4O)cccc32)cc1. The lowest BCUT2D eigenvalue weighted by molar-refractivity contribution is -0.232. The normalized spacial score (nSPS) is 28.4. The predicted octanol–water partition coefficient (Wildman–Crippen LogP) is 1.72. The molecule has 0 radical (unpaired) electrons. The van der Waals surface area contributed by atoms with Crippen molar-refractivity contribution in [3.63, 3.8) is 0 Å². The molecule has 0 unspecified atom stereocenters. The van der Waals surface area contributed by atoms with Crippen molar-refractivity contribution >= 4 is 5.69 Å². The molecule has 5 atom stereocenters. The number of aliphatic hydroxyl groups is 4. The van der Waals surface area contributed by atoms with Crippen molar-refractivity contribution in [3.05, 3.63) is 59.2 Å². The molecule has 7 nitrogen and oxygen atoms in total. The van der Waals surface area contributed by atoms with Crippen molar-refractivity contribution in [2.45, 2.75) is 56.8 Å². The van der Waals surface area contributed by atoms with Crippen LogP contribution in [0.3, 0.4) is 0 Å². The van der Waals surface area contributed by atoms with Gasteiger partial charge >= 0.3 is 0 Å². The average molecular weight is 430 g/mol. The highest BCUT2D eigenvalue weighted by Gasteiger charge is 2.45. The van der Waals surface area contributed by atoms with Crippen LogP contribution in [0.2, 0.25) is 0 Å². The summed E-state index contributed by atoms with van der Waals surface area (Å²) >= 11 is 0. The van der Waals surface area contributed by atoms with Crippen molar-refractivity contribution in [1.29, 1.82) is 0 Å². The van der Waals surface area contributed by atoms with Gasteiger partial charge in [0.15, 0.2) is 0 Å². The molecule has 4 N–H and O–H groups in total. The van der Waals surface area contributed by atoms with Crippen LogP contribution >= 0.6 is 0 Å². The standard InChI is InChI=1S/C24H31NO6/c1-14(2)16-8-6-15(7-9-16)12-25-10-11-30-23-17(4-3-5-18(23)25)24-22(29)21(28)20(27)19(13-26)31-24/h3-9,14,19-22,24,26-29H,10-13H2,1-2H3/t19-,20-,21+,22-,24+/m1/s1. The molecule has 2 aromatic carbocycles. The molecule has 31 heavy (non-hydrogen) atoms. The minimum atomic E-state index is -1.43. The van der Waals surface area contributed by atoms with Crippen molar-refractivity contribution < 1.29 is 29.9 Å². The van der Waals surface area contributed by atoms with Gasteiger partial charge in [-0.05, 0) is 23.1 Å². The number of aliphatic hydroxyl groups excluding tert-OH is 4. The van der Waals surface area contributed by atoms with Crippen LogP contribution in [0.15, 0.2) is 42.5 Å². The second-order valence-corrected chi connectivity index (χ2v) is 8.61. The van der Waals surface area contributed by atoms with Crippen LogP contribution in [0.25, 0.3) is 0 Å². The molecule has 7 heteroatoms. The molecule has 0 amide bonds. The maximum absolute atomic E-state index is 10.6. The van der Waals surface area contributed by atoms with E-state index in [1.807, 2.05) is 12.1 Å². The van der Waals surface area contributed by atoms with Gasteiger partial charge in [0.2, 0.25) is 0 Å². The fourth-order valence-electron chi connectivity index (χ4n) is 4.30. The van der Waals surface area contributed by atoms with E-state index in [0.29, 0.717) is 30.4 Å². The average Bonchev–Trinajstić information content (AvgIpc) is 2.78. The Balaban J connectivity index is 1.61. The van der Waals surface area contributed by atoms with Gasteiger partial charge in [-0.3, -0.25) is 0 Å². The minimum absolute atomic E-state index is 0.462. The van der Waals surface area contributed by atoms with Gasteiger partial charge < -0.3 is 34.8 Å². The van der Waals surface area contributed by atoms with Gasteiger partial charge in [-0.2, -0.15) is 0 Å². The van der Waals surface area contributed by atoms with Crippen LogP contribution in [0.1, 0.15) is 42.6 Å². The molecule has 0 bridgehead atoms. The lowest BCUT2D eigenvalue weighted by atomic mass is 9.90. The van der Waals surface area contributed by atoms with E-state index in [2.05, 4.69) is 43.0 Å².